The molecule has 9 heteroatoms. The Morgan fingerprint density at radius 1 is 1.24 bits per heavy atom. The van der Waals surface area contributed by atoms with Crippen molar-refractivity contribution in [2.75, 3.05) is 11.9 Å². The van der Waals surface area contributed by atoms with E-state index in [-0.39, 0.29) is 24.0 Å². The first-order valence-electron chi connectivity index (χ1n) is 10.5. The van der Waals surface area contributed by atoms with Crippen molar-refractivity contribution in [1.82, 2.24) is 15.3 Å². The number of unbranched alkanes of at least 4 members (excludes halogenated alkanes) is 1. The Labute approximate surface area is 169 Å². The topological polar surface area (TPSA) is 137 Å². The zero-order valence-electron chi connectivity index (χ0n) is 16.8. The Hall–Kier alpha value is -2.71. The van der Waals surface area contributed by atoms with Crippen molar-refractivity contribution in [2.45, 2.75) is 70.6 Å². The number of H-pyrrole nitrogens is 1. The number of nitrogens with zero attached hydrogens (tertiary/aromatic N) is 2. The molecule has 1 aliphatic carbocycles. The minimum absolute atomic E-state index is 0.0585. The second-order valence-corrected chi connectivity index (χ2v) is 7.85. The molecule has 0 bridgehead atoms. The molecule has 4 N–H and O–H groups in total. The number of nitrogens with one attached hydrogen (secondary N) is 3. The number of urea groups is 1. The lowest BCUT2D eigenvalue weighted by atomic mass is 9.80. The molecule has 158 valence electrons. The zero-order chi connectivity index (χ0) is 20.8. The van der Waals surface area contributed by atoms with Crippen LogP contribution in [0.2, 0.25) is 0 Å². The molecule has 29 heavy (non-hydrogen) atoms. The smallest absolute Gasteiger partial charge is 0.321 e. The van der Waals surface area contributed by atoms with E-state index < -0.39 is 17.6 Å². The van der Waals surface area contributed by atoms with Crippen LogP contribution < -0.4 is 16.2 Å². The van der Waals surface area contributed by atoms with Gasteiger partial charge >= 0.3 is 12.0 Å². The van der Waals surface area contributed by atoms with Crippen molar-refractivity contribution in [2.24, 2.45) is 10.9 Å². The van der Waals surface area contributed by atoms with Crippen molar-refractivity contribution >= 4 is 29.3 Å². The van der Waals surface area contributed by atoms with Gasteiger partial charge in [-0.05, 0) is 18.8 Å². The molecule has 0 spiro atoms. The number of amides is 2. The highest BCUT2D eigenvalue weighted by atomic mass is 16.4. The van der Waals surface area contributed by atoms with E-state index in [0.29, 0.717) is 23.9 Å². The Bertz CT molecular complexity index is 842. The van der Waals surface area contributed by atoms with Crippen LogP contribution >= 0.6 is 0 Å². The van der Waals surface area contributed by atoms with Crippen LogP contribution in [0.25, 0.3) is 0 Å². The molecule has 1 saturated carbocycles. The maximum absolute atomic E-state index is 12.5. The second kappa shape index (κ2) is 9.67. The number of aromatic amines is 1. The van der Waals surface area contributed by atoms with Crippen LogP contribution in [0.3, 0.4) is 0 Å². The van der Waals surface area contributed by atoms with Gasteiger partial charge in [0.15, 0.2) is 5.69 Å². The van der Waals surface area contributed by atoms with E-state index in [1.54, 1.807) is 0 Å². The number of carbonyl (C=O) groups is 2. The lowest BCUT2D eigenvalue weighted by Gasteiger charge is -2.25. The van der Waals surface area contributed by atoms with Crippen molar-refractivity contribution < 1.29 is 14.7 Å². The van der Waals surface area contributed by atoms with Gasteiger partial charge in [-0.15, -0.1) is 0 Å². The fourth-order valence-electron chi connectivity index (χ4n) is 4.13. The third-order valence-electron chi connectivity index (χ3n) is 5.58. The standard InChI is InChI=1S/C20H29N5O4/c1-2-3-9-21-20(29)25-19-23-16-13(10-12-7-5-4-6-8-12)14(11-15(26)27)22-17(16)18(28)24-19/h12-13H,2-11H2,1H3,(H,26,27)(H3,21,23,24,25,28,29). The number of rotatable bonds is 8. The summed E-state index contributed by atoms with van der Waals surface area (Å²) in [5.41, 5.74) is 0.645. The Morgan fingerprint density at radius 3 is 2.69 bits per heavy atom. The second-order valence-electron chi connectivity index (χ2n) is 7.85. The minimum Gasteiger partial charge on any atom is -0.481 e. The quantitative estimate of drug-likeness (QED) is 0.494. The summed E-state index contributed by atoms with van der Waals surface area (Å²) in [6.45, 7) is 2.56. The van der Waals surface area contributed by atoms with Crippen LogP contribution in [-0.4, -0.2) is 39.3 Å². The largest absolute Gasteiger partial charge is 0.481 e. The third kappa shape index (κ3) is 5.42. The zero-order valence-corrected chi connectivity index (χ0v) is 16.8. The maximum atomic E-state index is 12.5. The SMILES string of the molecule is CCCCNC(=O)Nc1nc2c(c(=O)[nH]1)N=C(CC(=O)O)C2CC1CCCCC1. The van der Waals surface area contributed by atoms with Crippen molar-refractivity contribution in [1.29, 1.82) is 0 Å². The van der Waals surface area contributed by atoms with Crippen LogP contribution in [0.1, 0.15) is 76.3 Å². The summed E-state index contributed by atoms with van der Waals surface area (Å²) in [5.74, 6) is -0.748. The number of carboxylic acid groups (broad SMARTS) is 1. The summed E-state index contributed by atoms with van der Waals surface area (Å²) in [7, 11) is 0. The lowest BCUT2D eigenvalue weighted by Crippen LogP contribution is -2.31. The molecule has 1 aliphatic heterocycles. The normalized spacial score (nSPS) is 18.8. The molecule has 1 atom stereocenters. The van der Waals surface area contributed by atoms with Crippen molar-refractivity contribution in [3.8, 4) is 0 Å². The van der Waals surface area contributed by atoms with E-state index in [1.807, 2.05) is 6.92 Å². The van der Waals surface area contributed by atoms with Crippen LogP contribution in [0.4, 0.5) is 16.4 Å². The number of aromatic nitrogens is 2. The van der Waals surface area contributed by atoms with Crippen LogP contribution in [0.15, 0.2) is 9.79 Å². The fourth-order valence-corrected chi connectivity index (χ4v) is 4.13. The summed E-state index contributed by atoms with van der Waals surface area (Å²) < 4.78 is 0. The molecule has 0 radical (unpaired) electrons. The Kier molecular flexibility index (Phi) is 7.00. The van der Waals surface area contributed by atoms with E-state index in [4.69, 9.17) is 0 Å². The maximum Gasteiger partial charge on any atom is 0.321 e. The van der Waals surface area contributed by atoms with E-state index in [2.05, 4.69) is 25.6 Å². The predicted molar refractivity (Wildman–Crippen MR) is 110 cm³/mol. The highest BCUT2D eigenvalue weighted by Gasteiger charge is 2.34. The molecular weight excluding hydrogens is 374 g/mol. The molecule has 0 saturated heterocycles. The van der Waals surface area contributed by atoms with Gasteiger partial charge in [0.25, 0.3) is 5.56 Å². The summed E-state index contributed by atoms with van der Waals surface area (Å²) in [6.07, 6.45) is 8.10. The molecular formula is C20H29N5O4. The molecule has 1 aromatic heterocycles. The van der Waals surface area contributed by atoms with Crippen LogP contribution in [0, 0.1) is 5.92 Å². The van der Waals surface area contributed by atoms with E-state index in [1.165, 1.54) is 19.3 Å². The van der Waals surface area contributed by atoms with Gasteiger partial charge in [0.05, 0.1) is 12.1 Å². The van der Waals surface area contributed by atoms with Crippen molar-refractivity contribution in [3.05, 3.63) is 16.0 Å². The first-order chi connectivity index (χ1) is 14.0. The number of fused-ring (bicyclic) bond motifs is 1. The van der Waals surface area contributed by atoms with Gasteiger partial charge in [0, 0.05) is 18.2 Å². The highest BCUT2D eigenvalue weighted by molar-refractivity contribution is 6.06. The first-order valence-corrected chi connectivity index (χ1v) is 10.5. The van der Waals surface area contributed by atoms with Gasteiger partial charge in [-0.3, -0.25) is 19.9 Å². The van der Waals surface area contributed by atoms with Gasteiger partial charge in [-0.2, -0.15) is 0 Å². The number of aliphatic carboxylic acids is 1. The van der Waals surface area contributed by atoms with E-state index >= 15 is 0 Å². The monoisotopic (exact) mass is 403 g/mol. The van der Waals surface area contributed by atoms with E-state index in [9.17, 15) is 19.5 Å². The fraction of sp³-hybridized carbons (Fsp3) is 0.650. The Morgan fingerprint density at radius 2 is 2.00 bits per heavy atom. The first kappa shape index (κ1) is 21.0. The molecule has 2 aliphatic rings. The summed E-state index contributed by atoms with van der Waals surface area (Å²) >= 11 is 0. The molecule has 2 heterocycles. The molecule has 3 rings (SSSR count). The van der Waals surface area contributed by atoms with Gasteiger partial charge in [0.1, 0.15) is 0 Å². The molecule has 1 aromatic rings. The molecule has 1 unspecified atom stereocenters. The molecule has 0 aromatic carbocycles. The summed E-state index contributed by atoms with van der Waals surface area (Å²) in [4.78, 5) is 47.2. The number of hydrogen-bond acceptors (Lipinski definition) is 5. The minimum atomic E-state index is -0.977. The third-order valence-corrected chi connectivity index (χ3v) is 5.58. The highest BCUT2D eigenvalue weighted by Crippen LogP contribution is 2.40. The van der Waals surface area contributed by atoms with Gasteiger partial charge < -0.3 is 10.4 Å². The summed E-state index contributed by atoms with van der Waals surface area (Å²) in [5, 5.41) is 14.5. The average molecular weight is 403 g/mol. The van der Waals surface area contributed by atoms with Gasteiger partial charge in [-0.25, -0.2) is 14.8 Å². The number of anilines is 1. The molecule has 9 nitrogen and oxygen atoms in total. The molecule has 1 fully saturated rings. The van der Waals surface area contributed by atoms with Crippen molar-refractivity contribution in [3.63, 3.8) is 0 Å². The Balaban J connectivity index is 1.81. The van der Waals surface area contributed by atoms with Gasteiger partial charge in [-0.1, -0.05) is 45.4 Å². The lowest BCUT2D eigenvalue weighted by molar-refractivity contribution is -0.135. The van der Waals surface area contributed by atoms with Crippen LogP contribution in [0.5, 0.6) is 0 Å². The predicted octanol–water partition coefficient (Wildman–Crippen LogP) is 3.31. The van der Waals surface area contributed by atoms with E-state index in [0.717, 1.165) is 32.1 Å². The average Bonchev–Trinajstić information content (AvgIpc) is 3.00. The number of aliphatic imine (C=N–C) groups is 1. The number of hydrogen-bond donors (Lipinski definition) is 4. The molecule has 2 amide bonds. The summed E-state index contributed by atoms with van der Waals surface area (Å²) in [6, 6.07) is -0.435. The number of carbonyl (C=O) groups excluding carboxylic acids is 1. The number of carboxylic acids is 1. The van der Waals surface area contributed by atoms with Crippen LogP contribution in [-0.2, 0) is 4.79 Å². The van der Waals surface area contributed by atoms with Gasteiger partial charge in [0.2, 0.25) is 5.95 Å².